The van der Waals surface area contributed by atoms with E-state index in [-0.39, 0.29) is 5.82 Å². The highest BCUT2D eigenvalue weighted by Gasteiger charge is 2.21. The van der Waals surface area contributed by atoms with Crippen molar-refractivity contribution in [3.63, 3.8) is 0 Å². The largest absolute Gasteiger partial charge is 0.496 e. The van der Waals surface area contributed by atoms with Gasteiger partial charge < -0.3 is 10.5 Å². The van der Waals surface area contributed by atoms with Gasteiger partial charge in [0, 0.05) is 29.4 Å². The predicted octanol–water partition coefficient (Wildman–Crippen LogP) is 5.01. The fourth-order valence-corrected chi connectivity index (χ4v) is 4.76. The molecule has 0 saturated carbocycles. The number of pyridine rings is 1. The van der Waals surface area contributed by atoms with Crippen molar-refractivity contribution in [1.29, 1.82) is 5.26 Å². The second-order valence-corrected chi connectivity index (χ2v) is 8.91. The molecule has 0 spiro atoms. The van der Waals surface area contributed by atoms with Crippen LogP contribution >= 0.6 is 0 Å². The first-order valence-corrected chi connectivity index (χ1v) is 11.8. The predicted molar refractivity (Wildman–Crippen MR) is 139 cm³/mol. The minimum Gasteiger partial charge on any atom is -0.496 e. The second-order valence-electron chi connectivity index (χ2n) is 8.91. The van der Waals surface area contributed by atoms with Crippen LogP contribution in [0.2, 0.25) is 0 Å². The Morgan fingerprint density at radius 1 is 1.16 bits per heavy atom. The van der Waals surface area contributed by atoms with Gasteiger partial charge in [0.25, 0.3) is 0 Å². The summed E-state index contributed by atoms with van der Waals surface area (Å²) >= 11 is 0. The number of carbonyl (C=O) groups excluding carboxylic acids is 1. The third kappa shape index (κ3) is 4.47. The third-order valence-electron chi connectivity index (χ3n) is 6.69. The minimum atomic E-state index is -0.567. The van der Waals surface area contributed by atoms with Gasteiger partial charge in [0.1, 0.15) is 17.3 Å². The Morgan fingerprint density at radius 3 is 2.54 bits per heavy atom. The summed E-state index contributed by atoms with van der Waals surface area (Å²) in [5.41, 5.74) is 11.1. The smallest absolute Gasteiger partial charge is 0.224 e. The van der Waals surface area contributed by atoms with E-state index < -0.39 is 11.8 Å². The Hall–Kier alpha value is -4.77. The molecule has 0 fully saturated rings. The van der Waals surface area contributed by atoms with Gasteiger partial charge >= 0.3 is 0 Å². The molecule has 8 heteroatoms. The number of halogens is 1. The zero-order valence-corrected chi connectivity index (χ0v) is 20.4. The van der Waals surface area contributed by atoms with Gasteiger partial charge in [0.15, 0.2) is 0 Å². The van der Waals surface area contributed by atoms with Crippen molar-refractivity contribution in [1.82, 2.24) is 14.8 Å². The maximum Gasteiger partial charge on any atom is 0.224 e. The molecule has 0 aliphatic rings. The number of hydrogen-bond donors (Lipinski definition) is 1. The van der Waals surface area contributed by atoms with Crippen LogP contribution in [0.3, 0.4) is 0 Å². The van der Waals surface area contributed by atoms with Crippen LogP contribution in [0.15, 0.2) is 66.9 Å². The quantitative estimate of drug-likeness (QED) is 0.343. The van der Waals surface area contributed by atoms with E-state index in [1.165, 1.54) is 12.1 Å². The first kappa shape index (κ1) is 23.9. The molecule has 0 unspecified atom stereocenters. The van der Waals surface area contributed by atoms with E-state index in [9.17, 15) is 9.18 Å². The maximum atomic E-state index is 13.4. The summed E-state index contributed by atoms with van der Waals surface area (Å²) in [6.45, 7) is 0. The fraction of sp³-hybridized carbons (Fsp3) is 0.172. The van der Waals surface area contributed by atoms with Crippen LogP contribution in [0.1, 0.15) is 29.0 Å². The average Bonchev–Trinajstić information content (AvgIpc) is 3.25. The molecule has 0 aliphatic carbocycles. The Bertz CT molecular complexity index is 1670. The number of nitrogens with two attached hydrogens (primary N) is 1. The highest BCUT2D eigenvalue weighted by molar-refractivity contribution is 6.11. The number of carbonyl (C=O) groups is 1. The summed E-state index contributed by atoms with van der Waals surface area (Å²) < 4.78 is 20.9. The van der Waals surface area contributed by atoms with E-state index in [1.807, 2.05) is 31.3 Å². The Balaban J connectivity index is 1.60. The molecule has 2 N–H and O–H groups in total. The fourth-order valence-electron chi connectivity index (χ4n) is 4.76. The molecule has 5 rings (SSSR count). The van der Waals surface area contributed by atoms with Crippen molar-refractivity contribution < 1.29 is 13.9 Å². The van der Waals surface area contributed by atoms with E-state index >= 15 is 0 Å². The lowest BCUT2D eigenvalue weighted by Gasteiger charge is -2.16. The molecule has 184 valence electrons. The average molecular weight is 494 g/mol. The Morgan fingerprint density at radius 2 is 1.89 bits per heavy atom. The van der Waals surface area contributed by atoms with Gasteiger partial charge in [-0.05, 0) is 54.3 Å². The Labute approximate surface area is 212 Å². The number of aromatic nitrogens is 3. The molecule has 2 heterocycles. The minimum absolute atomic E-state index is 0.366. The van der Waals surface area contributed by atoms with Gasteiger partial charge in [-0.25, -0.2) is 4.39 Å². The normalized spacial score (nSPS) is 11.9. The number of rotatable bonds is 7. The lowest BCUT2D eigenvalue weighted by molar-refractivity contribution is -0.119. The van der Waals surface area contributed by atoms with Gasteiger partial charge in [0.05, 0.1) is 41.9 Å². The van der Waals surface area contributed by atoms with E-state index in [2.05, 4.69) is 11.1 Å². The van der Waals surface area contributed by atoms with Gasteiger partial charge in [0.2, 0.25) is 5.91 Å². The van der Waals surface area contributed by atoms with Crippen LogP contribution in [0.4, 0.5) is 4.39 Å². The number of methoxy groups -OCH3 is 1. The number of aryl methyl sites for hydroxylation is 2. The van der Waals surface area contributed by atoms with Gasteiger partial charge in [-0.15, -0.1) is 0 Å². The molecule has 0 aliphatic heterocycles. The van der Waals surface area contributed by atoms with Crippen LogP contribution in [0.5, 0.6) is 5.75 Å². The molecule has 1 amide bonds. The lowest BCUT2D eigenvalue weighted by atomic mass is 9.91. The zero-order chi connectivity index (χ0) is 26.1. The lowest BCUT2D eigenvalue weighted by Crippen LogP contribution is -2.22. The summed E-state index contributed by atoms with van der Waals surface area (Å²) in [6, 6.07) is 19.2. The number of primary amides is 1. The van der Waals surface area contributed by atoms with Crippen molar-refractivity contribution >= 4 is 27.7 Å². The summed E-state index contributed by atoms with van der Waals surface area (Å²) in [4.78, 5) is 16.9. The molecular formula is C29H24FN5O2. The first-order valence-electron chi connectivity index (χ1n) is 11.8. The second kappa shape index (κ2) is 9.70. The zero-order valence-electron chi connectivity index (χ0n) is 20.4. The van der Waals surface area contributed by atoms with Crippen LogP contribution in [0, 0.1) is 17.1 Å². The first-order chi connectivity index (χ1) is 17.9. The van der Waals surface area contributed by atoms with Crippen LogP contribution in [-0.4, -0.2) is 27.8 Å². The molecule has 0 bridgehead atoms. The number of fused-ring (bicyclic) bond motifs is 3. The standard InChI is InChI=1S/C29H24FN5O2/c1-35-25-16-33-24-14-26(37-2)20(9-12-22(29(32)36)18-7-10-21(30)11-8-18)13-23(24)27(25)28(34-35)19-5-3-17(15-31)4-6-19/h3-8,10-11,13-14,16,22H,9,12H2,1-2H3,(H2,32,36)/t22-/m1/s1. The summed E-state index contributed by atoms with van der Waals surface area (Å²) in [7, 11) is 3.47. The van der Waals surface area contributed by atoms with Gasteiger partial charge in [-0.1, -0.05) is 24.3 Å². The SMILES string of the molecule is COc1cc2ncc3c(c(-c4ccc(C#N)cc4)nn3C)c2cc1CC[C@@H](C(N)=O)c1ccc(F)cc1. The molecular weight excluding hydrogens is 469 g/mol. The summed E-state index contributed by atoms with van der Waals surface area (Å²) in [5, 5.41) is 15.8. The highest BCUT2D eigenvalue weighted by atomic mass is 19.1. The summed E-state index contributed by atoms with van der Waals surface area (Å²) in [5.74, 6) is -0.743. The molecule has 37 heavy (non-hydrogen) atoms. The topological polar surface area (TPSA) is 107 Å². The third-order valence-corrected chi connectivity index (χ3v) is 6.69. The number of nitrogens with zero attached hydrogens (tertiary/aromatic N) is 4. The monoisotopic (exact) mass is 493 g/mol. The van der Waals surface area contributed by atoms with E-state index in [0.29, 0.717) is 29.7 Å². The number of nitriles is 1. The number of benzene rings is 3. The molecule has 5 aromatic rings. The van der Waals surface area contributed by atoms with Crippen molar-refractivity contribution in [3.8, 4) is 23.1 Å². The van der Waals surface area contributed by atoms with Crippen LogP contribution in [-0.2, 0) is 18.3 Å². The van der Waals surface area contributed by atoms with E-state index in [0.717, 1.165) is 38.6 Å². The molecule has 3 aromatic carbocycles. The highest BCUT2D eigenvalue weighted by Crippen LogP contribution is 2.36. The summed E-state index contributed by atoms with van der Waals surface area (Å²) in [6.07, 6.45) is 2.73. The molecule has 0 saturated heterocycles. The van der Waals surface area contributed by atoms with E-state index in [1.54, 1.807) is 42.3 Å². The maximum absolute atomic E-state index is 13.4. The number of ether oxygens (including phenoxy) is 1. The molecule has 7 nitrogen and oxygen atoms in total. The van der Waals surface area contributed by atoms with Gasteiger partial charge in [-0.3, -0.25) is 14.5 Å². The number of hydrogen-bond acceptors (Lipinski definition) is 5. The molecule has 2 aromatic heterocycles. The molecule has 1 atom stereocenters. The van der Waals surface area contributed by atoms with Crippen molar-refractivity contribution in [2.75, 3.05) is 7.11 Å². The van der Waals surface area contributed by atoms with Crippen molar-refractivity contribution in [3.05, 3.63) is 89.4 Å². The number of amides is 1. The van der Waals surface area contributed by atoms with Crippen LogP contribution in [0.25, 0.3) is 33.1 Å². The van der Waals surface area contributed by atoms with Crippen molar-refractivity contribution in [2.45, 2.75) is 18.8 Å². The van der Waals surface area contributed by atoms with Crippen molar-refractivity contribution in [2.24, 2.45) is 12.8 Å². The van der Waals surface area contributed by atoms with Gasteiger partial charge in [-0.2, -0.15) is 10.4 Å². The Kier molecular flexibility index (Phi) is 6.28. The van der Waals surface area contributed by atoms with E-state index in [4.69, 9.17) is 20.8 Å². The van der Waals surface area contributed by atoms with Crippen LogP contribution < -0.4 is 10.5 Å². The molecule has 0 radical (unpaired) electrons.